The minimum absolute atomic E-state index is 0.266. The Balaban J connectivity index is 1.83. The minimum Gasteiger partial charge on any atom is -0.344 e. The number of allylic oxidation sites excluding steroid dienone is 1. The molecule has 3 rings (SSSR count). The summed E-state index contributed by atoms with van der Waals surface area (Å²) in [5.41, 5.74) is 2.53. The summed E-state index contributed by atoms with van der Waals surface area (Å²) in [6.45, 7) is 9.64. The standard InChI is InChI=1S/C23H24F2N4/c1-5-15(2)11-16-8-9-19(24)18(12-16)17-13-27-22(28-14-17)29-23(3,4)21-20(25)7-6-10-26-21/h6-10,12-14H,2,5,11H2,1,3-4H3,(H,27,28,29). The fourth-order valence-electron chi connectivity index (χ4n) is 3.03. The van der Waals surface area contributed by atoms with Gasteiger partial charge in [0.25, 0.3) is 0 Å². The van der Waals surface area contributed by atoms with Crippen LogP contribution in [0.15, 0.2) is 61.1 Å². The molecule has 0 aliphatic rings. The van der Waals surface area contributed by atoms with Gasteiger partial charge in [-0.3, -0.25) is 4.98 Å². The molecule has 3 aromatic rings. The lowest BCUT2D eigenvalue weighted by Gasteiger charge is -2.26. The van der Waals surface area contributed by atoms with E-state index in [1.807, 2.05) is 6.92 Å². The molecule has 0 unspecified atom stereocenters. The highest BCUT2D eigenvalue weighted by molar-refractivity contribution is 5.64. The van der Waals surface area contributed by atoms with Crippen molar-refractivity contribution in [2.45, 2.75) is 39.2 Å². The average Bonchev–Trinajstić information content (AvgIpc) is 2.70. The van der Waals surface area contributed by atoms with Gasteiger partial charge in [-0.1, -0.05) is 25.1 Å². The van der Waals surface area contributed by atoms with E-state index >= 15 is 0 Å². The van der Waals surface area contributed by atoms with Gasteiger partial charge in [-0.15, -0.1) is 0 Å². The summed E-state index contributed by atoms with van der Waals surface area (Å²) in [4.78, 5) is 12.7. The van der Waals surface area contributed by atoms with Crippen molar-refractivity contribution in [3.8, 4) is 11.1 Å². The number of pyridine rings is 1. The predicted octanol–water partition coefficient (Wildman–Crippen LogP) is 5.67. The molecule has 0 saturated carbocycles. The molecular formula is C23H24F2N4. The third kappa shape index (κ3) is 4.83. The molecule has 0 atom stereocenters. The molecule has 0 amide bonds. The summed E-state index contributed by atoms with van der Waals surface area (Å²) in [6, 6.07) is 7.92. The smallest absolute Gasteiger partial charge is 0.223 e. The van der Waals surface area contributed by atoms with E-state index in [-0.39, 0.29) is 11.5 Å². The van der Waals surface area contributed by atoms with Gasteiger partial charge in [-0.2, -0.15) is 0 Å². The van der Waals surface area contributed by atoms with Crippen molar-refractivity contribution < 1.29 is 8.78 Å². The van der Waals surface area contributed by atoms with Gasteiger partial charge in [-0.05, 0) is 56.5 Å². The van der Waals surface area contributed by atoms with Crippen LogP contribution in [0.25, 0.3) is 11.1 Å². The summed E-state index contributed by atoms with van der Waals surface area (Å²) in [5.74, 6) is -0.440. The van der Waals surface area contributed by atoms with Gasteiger partial charge in [0.15, 0.2) is 0 Å². The molecule has 0 aliphatic heterocycles. The number of hydrogen-bond donors (Lipinski definition) is 1. The van der Waals surface area contributed by atoms with Crippen LogP contribution in [0.5, 0.6) is 0 Å². The maximum Gasteiger partial charge on any atom is 0.223 e. The van der Waals surface area contributed by atoms with Crippen LogP contribution in [-0.4, -0.2) is 15.0 Å². The fourth-order valence-corrected chi connectivity index (χ4v) is 3.03. The summed E-state index contributed by atoms with van der Waals surface area (Å²) in [6.07, 6.45) is 6.22. The zero-order valence-corrected chi connectivity index (χ0v) is 16.8. The predicted molar refractivity (Wildman–Crippen MR) is 111 cm³/mol. The van der Waals surface area contributed by atoms with Crippen molar-refractivity contribution in [1.29, 1.82) is 0 Å². The Labute approximate surface area is 169 Å². The van der Waals surface area contributed by atoms with Crippen molar-refractivity contribution in [2.75, 3.05) is 5.32 Å². The Morgan fingerprint density at radius 3 is 2.45 bits per heavy atom. The Morgan fingerprint density at radius 1 is 1.07 bits per heavy atom. The van der Waals surface area contributed by atoms with Gasteiger partial charge < -0.3 is 5.32 Å². The molecule has 29 heavy (non-hydrogen) atoms. The van der Waals surface area contributed by atoms with E-state index in [2.05, 4.69) is 26.8 Å². The Bertz CT molecular complexity index is 1010. The van der Waals surface area contributed by atoms with Gasteiger partial charge in [0.2, 0.25) is 5.95 Å². The number of halogens is 2. The first-order valence-corrected chi connectivity index (χ1v) is 9.47. The number of aromatic nitrogens is 3. The fraction of sp³-hybridized carbons (Fsp3) is 0.261. The zero-order chi connectivity index (χ0) is 21.0. The van der Waals surface area contributed by atoms with Crippen LogP contribution < -0.4 is 5.32 Å². The highest BCUT2D eigenvalue weighted by Gasteiger charge is 2.26. The first kappa shape index (κ1) is 20.6. The average molecular weight is 394 g/mol. The highest BCUT2D eigenvalue weighted by atomic mass is 19.1. The minimum atomic E-state index is -0.821. The van der Waals surface area contributed by atoms with Crippen molar-refractivity contribution in [1.82, 2.24) is 15.0 Å². The number of nitrogens with zero attached hydrogens (tertiary/aromatic N) is 3. The van der Waals surface area contributed by atoms with E-state index in [1.165, 1.54) is 18.3 Å². The van der Waals surface area contributed by atoms with Gasteiger partial charge in [0, 0.05) is 29.7 Å². The van der Waals surface area contributed by atoms with E-state index in [4.69, 9.17) is 0 Å². The SMILES string of the molecule is C=C(CC)Cc1ccc(F)c(-c2cnc(NC(C)(C)c3ncccc3F)nc2)c1. The van der Waals surface area contributed by atoms with Gasteiger partial charge in [0.05, 0.1) is 5.54 Å². The second-order valence-electron chi connectivity index (χ2n) is 7.47. The lowest BCUT2D eigenvalue weighted by Crippen LogP contribution is -2.31. The third-order valence-electron chi connectivity index (χ3n) is 4.72. The van der Waals surface area contributed by atoms with Gasteiger partial charge >= 0.3 is 0 Å². The number of hydrogen-bond acceptors (Lipinski definition) is 4. The van der Waals surface area contributed by atoms with E-state index in [1.54, 1.807) is 44.4 Å². The third-order valence-corrected chi connectivity index (χ3v) is 4.72. The van der Waals surface area contributed by atoms with Crippen LogP contribution in [0.2, 0.25) is 0 Å². The summed E-state index contributed by atoms with van der Waals surface area (Å²) >= 11 is 0. The molecule has 0 spiro atoms. The molecule has 6 heteroatoms. The van der Waals surface area contributed by atoms with Crippen LogP contribution in [-0.2, 0) is 12.0 Å². The van der Waals surface area contributed by atoms with Crippen molar-refractivity contribution in [3.63, 3.8) is 0 Å². The quantitative estimate of drug-likeness (QED) is 0.524. The largest absolute Gasteiger partial charge is 0.344 e. The topological polar surface area (TPSA) is 50.7 Å². The van der Waals surface area contributed by atoms with Crippen molar-refractivity contribution in [2.24, 2.45) is 0 Å². The molecule has 1 N–H and O–H groups in total. The van der Waals surface area contributed by atoms with Crippen LogP contribution in [0.3, 0.4) is 0 Å². The van der Waals surface area contributed by atoms with Crippen LogP contribution in [0.1, 0.15) is 38.4 Å². The van der Waals surface area contributed by atoms with E-state index in [0.29, 0.717) is 23.5 Å². The number of nitrogens with one attached hydrogen (secondary N) is 1. The molecule has 2 heterocycles. The Morgan fingerprint density at radius 2 is 1.79 bits per heavy atom. The van der Waals surface area contributed by atoms with Crippen molar-refractivity contribution in [3.05, 3.63) is 84.0 Å². The second-order valence-corrected chi connectivity index (χ2v) is 7.47. The van der Waals surface area contributed by atoms with E-state index < -0.39 is 11.4 Å². The van der Waals surface area contributed by atoms with Gasteiger partial charge in [0.1, 0.15) is 17.3 Å². The molecular weight excluding hydrogens is 370 g/mol. The monoisotopic (exact) mass is 394 g/mol. The Kier molecular flexibility index (Phi) is 6.01. The molecule has 150 valence electrons. The number of rotatable bonds is 7. The summed E-state index contributed by atoms with van der Waals surface area (Å²) in [5, 5.41) is 3.08. The molecule has 0 radical (unpaired) electrons. The molecule has 4 nitrogen and oxygen atoms in total. The van der Waals surface area contributed by atoms with Crippen LogP contribution in [0.4, 0.5) is 14.7 Å². The highest BCUT2D eigenvalue weighted by Crippen LogP contribution is 2.27. The maximum absolute atomic E-state index is 14.4. The van der Waals surface area contributed by atoms with E-state index in [0.717, 1.165) is 17.6 Å². The lowest BCUT2D eigenvalue weighted by molar-refractivity contribution is 0.510. The summed E-state index contributed by atoms with van der Waals surface area (Å²) in [7, 11) is 0. The van der Waals surface area contributed by atoms with Crippen LogP contribution in [0, 0.1) is 11.6 Å². The molecule has 0 fully saturated rings. The normalized spacial score (nSPS) is 11.3. The molecule has 0 saturated heterocycles. The summed E-state index contributed by atoms with van der Waals surface area (Å²) < 4.78 is 28.4. The van der Waals surface area contributed by atoms with E-state index in [9.17, 15) is 8.78 Å². The molecule has 0 aliphatic carbocycles. The van der Waals surface area contributed by atoms with Gasteiger partial charge in [-0.25, -0.2) is 18.7 Å². The zero-order valence-electron chi connectivity index (χ0n) is 16.8. The molecule has 1 aromatic carbocycles. The lowest BCUT2D eigenvalue weighted by atomic mass is 9.99. The first-order chi connectivity index (χ1) is 13.8. The second kappa shape index (κ2) is 8.47. The van der Waals surface area contributed by atoms with Crippen LogP contribution >= 0.6 is 0 Å². The maximum atomic E-state index is 14.4. The molecule has 0 bridgehead atoms. The van der Waals surface area contributed by atoms with Crippen molar-refractivity contribution >= 4 is 5.95 Å². The Hall–Kier alpha value is -3.15. The number of benzene rings is 1. The number of anilines is 1. The first-order valence-electron chi connectivity index (χ1n) is 9.47. The molecule has 2 aromatic heterocycles.